The van der Waals surface area contributed by atoms with Gasteiger partial charge in [-0.1, -0.05) is 107 Å². The molecule has 2 aromatic carbocycles. The molecule has 2 atom stereocenters. The first-order valence-electron chi connectivity index (χ1n) is 17.9. The molecule has 1 aliphatic carbocycles. The molecule has 7 nitrogen and oxygen atoms in total. The van der Waals surface area contributed by atoms with Gasteiger partial charge in [0.2, 0.25) is 5.95 Å². The van der Waals surface area contributed by atoms with Crippen molar-refractivity contribution in [3.63, 3.8) is 0 Å². The van der Waals surface area contributed by atoms with Gasteiger partial charge in [0.25, 0.3) is 0 Å². The molecule has 48 heavy (non-hydrogen) atoms. The molecule has 256 valence electrons. The summed E-state index contributed by atoms with van der Waals surface area (Å²) >= 11 is 3.45. The monoisotopic (exact) mass is 683 g/mol. The maximum Gasteiger partial charge on any atom is 0.223 e. The molecule has 0 unspecified atom stereocenters. The van der Waals surface area contributed by atoms with Crippen LogP contribution in [0.25, 0.3) is 0 Å². The lowest BCUT2D eigenvalue weighted by molar-refractivity contribution is 0.218. The quantitative estimate of drug-likeness (QED) is 0.0479. The third-order valence-electron chi connectivity index (χ3n) is 9.14. The van der Waals surface area contributed by atoms with E-state index in [0.717, 1.165) is 64.6 Å². The van der Waals surface area contributed by atoms with E-state index >= 15 is 0 Å². The lowest BCUT2D eigenvalue weighted by Crippen LogP contribution is -2.41. The van der Waals surface area contributed by atoms with Crippen LogP contribution in [-0.4, -0.2) is 51.1 Å². The highest BCUT2D eigenvalue weighted by Gasteiger charge is 2.54. The molecule has 1 saturated carbocycles. The Hall–Kier alpha value is -2.98. The molecule has 9 heteroatoms. The maximum absolute atomic E-state index is 5.95. The average molecular weight is 684 g/mol. The van der Waals surface area contributed by atoms with Crippen LogP contribution in [0.5, 0.6) is 0 Å². The SMILES string of the molecule is CCCCCCc1nc(SCCN)cc(C2[C@@H](c3ccccc3)C(c3cc(SCCN)nc(NCCCCC)n3)[C@@H]2c2ccccc2)n1. The Morgan fingerprint density at radius 1 is 0.604 bits per heavy atom. The van der Waals surface area contributed by atoms with E-state index < -0.39 is 0 Å². The van der Waals surface area contributed by atoms with Crippen molar-refractivity contribution < 1.29 is 0 Å². The van der Waals surface area contributed by atoms with Crippen molar-refractivity contribution in [3.8, 4) is 0 Å². The van der Waals surface area contributed by atoms with Crippen LogP contribution in [0, 0.1) is 0 Å². The Morgan fingerprint density at radius 2 is 1.15 bits per heavy atom. The van der Waals surface area contributed by atoms with Gasteiger partial charge in [0.1, 0.15) is 15.9 Å². The number of thioether (sulfide) groups is 2. The van der Waals surface area contributed by atoms with Gasteiger partial charge in [-0.05, 0) is 36.1 Å². The van der Waals surface area contributed by atoms with E-state index in [1.807, 2.05) is 0 Å². The Labute approximate surface area is 296 Å². The molecule has 1 aliphatic rings. The summed E-state index contributed by atoms with van der Waals surface area (Å²) < 4.78 is 0. The molecule has 0 bridgehead atoms. The minimum Gasteiger partial charge on any atom is -0.354 e. The van der Waals surface area contributed by atoms with Gasteiger partial charge >= 0.3 is 0 Å². The summed E-state index contributed by atoms with van der Waals surface area (Å²) in [6.07, 6.45) is 9.11. The summed E-state index contributed by atoms with van der Waals surface area (Å²) in [5, 5.41) is 5.56. The second-order valence-corrected chi connectivity index (χ2v) is 14.9. The molecular weight excluding hydrogens is 631 g/mol. The van der Waals surface area contributed by atoms with Gasteiger partial charge < -0.3 is 16.8 Å². The van der Waals surface area contributed by atoms with E-state index in [-0.39, 0.29) is 23.7 Å². The van der Waals surface area contributed by atoms with Crippen LogP contribution in [0.2, 0.25) is 0 Å². The van der Waals surface area contributed by atoms with Crippen molar-refractivity contribution >= 4 is 29.5 Å². The van der Waals surface area contributed by atoms with Crippen molar-refractivity contribution in [3.05, 3.63) is 101 Å². The van der Waals surface area contributed by atoms with Crippen LogP contribution in [0.1, 0.15) is 111 Å². The fraction of sp³-hybridized carbons (Fsp3) is 0.487. The third-order valence-corrected chi connectivity index (χ3v) is 11.0. The standard InChI is InChI=1S/C39H53N7S2/c1-3-5-7-14-20-32-43-30(26-33(45-32)47-24-21-40)37-35(28-16-10-8-11-17-28)38(36(37)29-18-12-9-13-19-29)31-27-34(48-25-22-41)46-39(44-31)42-23-15-6-4-2/h8-13,16-19,26-27,35-38H,3-7,14-15,20-25,40-41H2,1-2H3,(H,42,44,46)/t35-,36-,37?,38?/m1/s1. The lowest BCUT2D eigenvalue weighted by atomic mass is 9.50. The minimum atomic E-state index is 0.138. The molecule has 2 aromatic heterocycles. The van der Waals surface area contributed by atoms with Gasteiger partial charge in [0, 0.05) is 66.9 Å². The molecule has 0 amide bonds. The summed E-state index contributed by atoms with van der Waals surface area (Å²) in [4.78, 5) is 20.6. The van der Waals surface area contributed by atoms with E-state index in [1.54, 1.807) is 23.5 Å². The largest absolute Gasteiger partial charge is 0.354 e. The van der Waals surface area contributed by atoms with Crippen LogP contribution in [0.15, 0.2) is 82.8 Å². The number of anilines is 1. The maximum atomic E-state index is 5.95. The van der Waals surface area contributed by atoms with Crippen LogP contribution in [0.3, 0.4) is 0 Å². The van der Waals surface area contributed by atoms with Crippen LogP contribution < -0.4 is 16.8 Å². The first kappa shape index (κ1) is 36.3. The lowest BCUT2D eigenvalue weighted by Gasteiger charge is -2.52. The first-order chi connectivity index (χ1) is 23.7. The van der Waals surface area contributed by atoms with Crippen molar-refractivity contribution in [1.82, 2.24) is 19.9 Å². The average Bonchev–Trinajstić information content (AvgIpc) is 3.11. The summed E-state index contributed by atoms with van der Waals surface area (Å²) in [5.41, 5.74) is 16.7. The van der Waals surface area contributed by atoms with Gasteiger partial charge in [-0.15, -0.1) is 23.5 Å². The molecular formula is C39H53N7S2. The molecule has 4 aromatic rings. The molecule has 5 rings (SSSR count). The van der Waals surface area contributed by atoms with E-state index in [9.17, 15) is 0 Å². The van der Waals surface area contributed by atoms with Crippen molar-refractivity contribution in [2.24, 2.45) is 11.5 Å². The van der Waals surface area contributed by atoms with Crippen LogP contribution >= 0.6 is 23.5 Å². The number of unbranched alkanes of at least 4 members (excludes halogenated alkanes) is 5. The zero-order valence-corrected chi connectivity index (χ0v) is 30.3. The van der Waals surface area contributed by atoms with Crippen molar-refractivity contribution in [2.75, 3.05) is 36.5 Å². The molecule has 1 fully saturated rings. The van der Waals surface area contributed by atoms with Crippen LogP contribution in [0.4, 0.5) is 5.95 Å². The number of nitrogens with two attached hydrogens (primary N) is 2. The highest BCUT2D eigenvalue weighted by atomic mass is 32.2. The molecule has 0 radical (unpaired) electrons. The molecule has 5 N–H and O–H groups in total. The van der Waals surface area contributed by atoms with Gasteiger partial charge in [0.05, 0.1) is 5.69 Å². The third kappa shape index (κ3) is 9.59. The number of hydrogen-bond acceptors (Lipinski definition) is 9. The van der Waals surface area contributed by atoms with Crippen molar-refractivity contribution in [2.45, 2.75) is 98.9 Å². The summed E-state index contributed by atoms with van der Waals surface area (Å²) in [6.45, 7) is 6.57. The van der Waals surface area contributed by atoms with Crippen molar-refractivity contribution in [1.29, 1.82) is 0 Å². The molecule has 0 saturated heterocycles. The molecule has 2 heterocycles. The second-order valence-electron chi connectivity index (χ2n) is 12.6. The smallest absolute Gasteiger partial charge is 0.223 e. The minimum absolute atomic E-state index is 0.138. The highest BCUT2D eigenvalue weighted by molar-refractivity contribution is 7.99. The number of rotatable bonds is 20. The fourth-order valence-corrected chi connectivity index (χ4v) is 8.27. The number of hydrogen-bond donors (Lipinski definition) is 3. The van der Waals surface area contributed by atoms with Gasteiger partial charge in [-0.3, -0.25) is 0 Å². The summed E-state index contributed by atoms with van der Waals surface area (Å²) in [5.74, 6) is 3.97. The second kappa shape index (κ2) is 19.3. The zero-order chi connectivity index (χ0) is 33.6. The summed E-state index contributed by atoms with van der Waals surface area (Å²) in [6, 6.07) is 26.4. The zero-order valence-electron chi connectivity index (χ0n) is 28.7. The highest BCUT2D eigenvalue weighted by Crippen LogP contribution is 2.66. The first-order valence-corrected chi connectivity index (χ1v) is 19.9. The topological polar surface area (TPSA) is 116 Å². The summed E-state index contributed by atoms with van der Waals surface area (Å²) in [7, 11) is 0. The Kier molecular flexibility index (Phi) is 14.6. The predicted molar refractivity (Wildman–Crippen MR) is 203 cm³/mol. The predicted octanol–water partition coefficient (Wildman–Crippen LogP) is 8.54. The van der Waals surface area contributed by atoms with E-state index in [2.05, 4.69) is 92.0 Å². The van der Waals surface area contributed by atoms with E-state index in [1.165, 1.54) is 43.2 Å². The number of benzene rings is 2. The number of aromatic nitrogens is 4. The fourth-order valence-electron chi connectivity index (χ4n) is 6.89. The number of nitrogens with one attached hydrogen (secondary N) is 1. The van der Waals surface area contributed by atoms with Crippen LogP contribution in [-0.2, 0) is 6.42 Å². The Balaban J connectivity index is 1.62. The van der Waals surface area contributed by atoms with Gasteiger partial charge in [0.15, 0.2) is 0 Å². The molecule has 0 spiro atoms. The van der Waals surface area contributed by atoms with E-state index in [0.29, 0.717) is 19.0 Å². The Bertz CT molecular complexity index is 1400. The normalized spacial score (nSPS) is 18.8. The van der Waals surface area contributed by atoms with E-state index in [4.69, 9.17) is 31.4 Å². The number of nitrogens with zero attached hydrogens (tertiary/aromatic N) is 4. The van der Waals surface area contributed by atoms with Gasteiger partial charge in [-0.2, -0.15) is 0 Å². The van der Waals surface area contributed by atoms with Gasteiger partial charge in [-0.25, -0.2) is 19.9 Å². The number of aryl methyl sites for hydroxylation is 1. The Morgan fingerprint density at radius 3 is 1.71 bits per heavy atom. The molecule has 0 aliphatic heterocycles.